The van der Waals surface area contributed by atoms with Gasteiger partial charge < -0.3 is 14.8 Å². The number of aliphatic hydroxyl groups excluding tert-OH is 1. The Kier molecular flexibility index (Phi) is 3.37. The number of carbonyl (C=O) groups excluding carboxylic acids is 1. The molecular weight excluding hydrogens is 262 g/mol. The molecular formula is C9H13N3O5S. The first-order valence-corrected chi connectivity index (χ1v) is 6.67. The third-order valence-corrected chi connectivity index (χ3v) is 4.57. The number of nitrogens with zero attached hydrogens (tertiary/aromatic N) is 2. The number of H-pyrrole nitrogens is 1. The Balaban J connectivity index is 2.34. The Hall–Kier alpha value is -1.45. The van der Waals surface area contributed by atoms with Crippen molar-refractivity contribution < 1.29 is 23.1 Å². The molecule has 2 unspecified atom stereocenters. The van der Waals surface area contributed by atoms with Crippen LogP contribution in [0.3, 0.4) is 0 Å². The minimum Gasteiger partial charge on any atom is -0.468 e. The number of rotatable bonds is 3. The number of nitrogens with one attached hydrogen (secondary N) is 1. The van der Waals surface area contributed by atoms with E-state index in [0.717, 1.165) is 10.5 Å². The van der Waals surface area contributed by atoms with Gasteiger partial charge in [-0.2, -0.15) is 4.31 Å². The van der Waals surface area contributed by atoms with E-state index in [2.05, 4.69) is 14.7 Å². The van der Waals surface area contributed by atoms with Gasteiger partial charge in [-0.05, 0) is 0 Å². The summed E-state index contributed by atoms with van der Waals surface area (Å²) in [6.07, 6.45) is 1.52. The molecule has 100 valence electrons. The molecule has 1 aliphatic rings. The summed E-state index contributed by atoms with van der Waals surface area (Å²) in [6, 6.07) is -1.00. The van der Waals surface area contributed by atoms with Gasteiger partial charge in [0.25, 0.3) is 10.0 Å². The molecule has 1 aliphatic heterocycles. The van der Waals surface area contributed by atoms with E-state index in [4.69, 9.17) is 0 Å². The van der Waals surface area contributed by atoms with Crippen molar-refractivity contribution in [1.82, 2.24) is 14.3 Å². The first-order valence-electron chi connectivity index (χ1n) is 5.23. The summed E-state index contributed by atoms with van der Waals surface area (Å²) in [5.41, 5.74) is 0. The maximum absolute atomic E-state index is 12.2. The van der Waals surface area contributed by atoms with E-state index in [0.29, 0.717) is 0 Å². The van der Waals surface area contributed by atoms with Crippen LogP contribution >= 0.6 is 0 Å². The molecule has 0 aliphatic carbocycles. The van der Waals surface area contributed by atoms with Gasteiger partial charge in [0.1, 0.15) is 6.04 Å². The lowest BCUT2D eigenvalue weighted by atomic mass is 10.2. The fraction of sp³-hybridized carbons (Fsp3) is 0.556. The number of aromatic amines is 1. The van der Waals surface area contributed by atoms with E-state index in [1.54, 1.807) is 0 Å². The van der Waals surface area contributed by atoms with Crippen molar-refractivity contribution in [2.75, 3.05) is 13.7 Å². The van der Waals surface area contributed by atoms with Gasteiger partial charge in [-0.1, -0.05) is 0 Å². The number of hydrogen-bond acceptors (Lipinski definition) is 6. The highest BCUT2D eigenvalue weighted by molar-refractivity contribution is 7.89. The molecule has 9 heteroatoms. The Bertz CT molecular complexity index is 526. The Morgan fingerprint density at radius 2 is 2.39 bits per heavy atom. The van der Waals surface area contributed by atoms with Crippen molar-refractivity contribution in [3.63, 3.8) is 0 Å². The van der Waals surface area contributed by atoms with Crippen LogP contribution < -0.4 is 0 Å². The summed E-state index contributed by atoms with van der Waals surface area (Å²) >= 11 is 0. The van der Waals surface area contributed by atoms with Crippen LogP contribution in [-0.4, -0.2) is 59.6 Å². The van der Waals surface area contributed by atoms with Crippen LogP contribution in [0.5, 0.6) is 0 Å². The SMILES string of the molecule is COC(=O)C1CC(O)CN1S(=O)(=O)c1cnc[nH]1. The number of aliphatic hydroxyl groups is 1. The maximum atomic E-state index is 12.2. The lowest BCUT2D eigenvalue weighted by molar-refractivity contribution is -0.144. The molecule has 2 N–H and O–H groups in total. The van der Waals surface area contributed by atoms with Crippen molar-refractivity contribution >= 4 is 16.0 Å². The molecule has 1 saturated heterocycles. The number of esters is 1. The highest BCUT2D eigenvalue weighted by Gasteiger charge is 2.44. The minimum absolute atomic E-state index is 0.0278. The van der Waals surface area contributed by atoms with E-state index in [9.17, 15) is 18.3 Å². The van der Waals surface area contributed by atoms with Crippen molar-refractivity contribution in [1.29, 1.82) is 0 Å². The second-order valence-electron chi connectivity index (χ2n) is 3.92. The number of aromatic nitrogens is 2. The average molecular weight is 275 g/mol. The van der Waals surface area contributed by atoms with Gasteiger partial charge in [-0.3, -0.25) is 4.79 Å². The van der Waals surface area contributed by atoms with Gasteiger partial charge >= 0.3 is 5.97 Å². The predicted octanol–water partition coefficient (Wildman–Crippen LogP) is -1.29. The summed E-state index contributed by atoms with van der Waals surface area (Å²) < 4.78 is 29.9. The standard InChI is InChI=1S/C9H13N3O5S/c1-17-9(14)7-2-6(13)4-12(7)18(15,16)8-3-10-5-11-8/h3,5-7,13H,2,4H2,1H3,(H,10,11). The second-order valence-corrected chi connectivity index (χ2v) is 5.78. The molecule has 0 radical (unpaired) electrons. The summed E-state index contributed by atoms with van der Waals surface area (Å²) in [5, 5.41) is 9.42. The summed E-state index contributed by atoms with van der Waals surface area (Å²) in [7, 11) is -2.70. The zero-order valence-corrected chi connectivity index (χ0v) is 10.4. The monoisotopic (exact) mass is 275 g/mol. The predicted molar refractivity (Wildman–Crippen MR) is 58.9 cm³/mol. The van der Waals surface area contributed by atoms with Crippen LogP contribution in [-0.2, 0) is 19.6 Å². The van der Waals surface area contributed by atoms with Gasteiger partial charge in [0.15, 0.2) is 5.03 Å². The van der Waals surface area contributed by atoms with E-state index in [1.807, 2.05) is 0 Å². The molecule has 18 heavy (non-hydrogen) atoms. The largest absolute Gasteiger partial charge is 0.468 e. The zero-order valence-electron chi connectivity index (χ0n) is 9.61. The van der Waals surface area contributed by atoms with E-state index >= 15 is 0 Å². The molecule has 1 aromatic heterocycles. The Labute approximate surface area is 104 Å². The molecule has 8 nitrogen and oxygen atoms in total. The zero-order chi connectivity index (χ0) is 13.3. The Morgan fingerprint density at radius 1 is 1.67 bits per heavy atom. The van der Waals surface area contributed by atoms with E-state index < -0.39 is 28.1 Å². The van der Waals surface area contributed by atoms with Crippen LogP contribution in [0.2, 0.25) is 0 Å². The lowest BCUT2D eigenvalue weighted by Gasteiger charge is -2.20. The smallest absolute Gasteiger partial charge is 0.324 e. The van der Waals surface area contributed by atoms with Crippen LogP contribution in [0, 0.1) is 0 Å². The molecule has 0 spiro atoms. The molecule has 1 fully saturated rings. The number of ether oxygens (including phenoxy) is 1. The van der Waals surface area contributed by atoms with Crippen LogP contribution in [0.25, 0.3) is 0 Å². The number of sulfonamides is 1. The molecule has 2 atom stereocenters. The van der Waals surface area contributed by atoms with Crippen LogP contribution in [0.15, 0.2) is 17.6 Å². The molecule has 0 aromatic carbocycles. The molecule has 2 rings (SSSR count). The first kappa shape index (κ1) is 13.0. The third kappa shape index (κ3) is 2.11. The highest BCUT2D eigenvalue weighted by atomic mass is 32.2. The number of imidazole rings is 1. The lowest BCUT2D eigenvalue weighted by Crippen LogP contribution is -2.41. The molecule has 1 aromatic rings. The van der Waals surface area contributed by atoms with Gasteiger partial charge in [0, 0.05) is 13.0 Å². The average Bonchev–Trinajstić information content (AvgIpc) is 2.96. The molecule has 0 saturated carbocycles. The topological polar surface area (TPSA) is 113 Å². The number of hydrogen-bond donors (Lipinski definition) is 2. The summed E-state index contributed by atoms with van der Waals surface area (Å²) in [4.78, 5) is 17.6. The van der Waals surface area contributed by atoms with Gasteiger partial charge in [0.05, 0.1) is 25.7 Å². The number of carbonyl (C=O) groups is 1. The van der Waals surface area contributed by atoms with Crippen LogP contribution in [0.1, 0.15) is 6.42 Å². The fourth-order valence-corrected chi connectivity index (χ4v) is 3.43. The maximum Gasteiger partial charge on any atom is 0.324 e. The van der Waals surface area contributed by atoms with Crippen molar-refractivity contribution in [3.8, 4) is 0 Å². The number of β-amino-alcohol motifs (C(OH)–C–C–N with tert-alkyl or cyclic N) is 1. The quantitative estimate of drug-likeness (QED) is 0.663. The summed E-state index contributed by atoms with van der Waals surface area (Å²) in [6.45, 7) is -0.138. The van der Waals surface area contributed by atoms with Crippen molar-refractivity contribution in [2.24, 2.45) is 0 Å². The van der Waals surface area contributed by atoms with Gasteiger partial charge in [-0.15, -0.1) is 0 Å². The van der Waals surface area contributed by atoms with E-state index in [-0.39, 0.29) is 18.0 Å². The Morgan fingerprint density at radius 3 is 2.94 bits per heavy atom. The van der Waals surface area contributed by atoms with Crippen LogP contribution in [0.4, 0.5) is 0 Å². The molecule has 2 heterocycles. The molecule has 0 amide bonds. The second kappa shape index (κ2) is 4.67. The normalized spacial score (nSPS) is 25.2. The fourth-order valence-electron chi connectivity index (χ4n) is 1.91. The van der Waals surface area contributed by atoms with Gasteiger partial charge in [0.2, 0.25) is 0 Å². The van der Waals surface area contributed by atoms with Crippen molar-refractivity contribution in [3.05, 3.63) is 12.5 Å². The minimum atomic E-state index is -3.88. The molecule has 0 bridgehead atoms. The van der Waals surface area contributed by atoms with Gasteiger partial charge in [-0.25, -0.2) is 13.4 Å². The van der Waals surface area contributed by atoms with Crippen molar-refractivity contribution in [2.45, 2.75) is 23.6 Å². The third-order valence-electron chi connectivity index (χ3n) is 2.77. The number of methoxy groups -OCH3 is 1. The van der Waals surface area contributed by atoms with E-state index in [1.165, 1.54) is 13.4 Å². The summed E-state index contributed by atoms with van der Waals surface area (Å²) in [5.74, 6) is -0.686. The highest BCUT2D eigenvalue weighted by Crippen LogP contribution is 2.25. The first-order chi connectivity index (χ1) is 8.46.